The van der Waals surface area contributed by atoms with E-state index in [1.165, 1.54) is 5.06 Å². The highest BCUT2D eigenvalue weighted by Crippen LogP contribution is 2.33. The van der Waals surface area contributed by atoms with Gasteiger partial charge in [-0.1, -0.05) is 23.4 Å². The fourth-order valence-corrected chi connectivity index (χ4v) is 3.80. The molecule has 2 aromatic carbocycles. The Kier molecular flexibility index (Phi) is 9.59. The average molecular weight is 530 g/mol. The van der Waals surface area contributed by atoms with Gasteiger partial charge < -0.3 is 9.47 Å². The number of carbonyl (C=O) groups excluding carboxylic acids is 2. The van der Waals surface area contributed by atoms with Gasteiger partial charge >= 0.3 is 17.6 Å². The molecule has 0 unspecified atom stereocenters. The van der Waals surface area contributed by atoms with Crippen molar-refractivity contribution in [3.8, 4) is 0 Å². The maximum Gasteiger partial charge on any atom is 0.322 e. The standard InChI is InChI=1S/C23H26N6O9/c1-3-36-22(30)21(23(31)37-4-2)18-12-13-20(38-27(18)15-8-6-5-7-9-15)25-26-24-17-11-10-16(28(32)33)14-19(17)29(34)35/h5-11,14,18,20-21H,3-4,12-13H2,1-2H3,(H,24,25)/t18-,20-/m1/s1. The van der Waals surface area contributed by atoms with E-state index in [1.807, 2.05) is 0 Å². The molecule has 1 aliphatic heterocycles. The first-order chi connectivity index (χ1) is 18.3. The quantitative estimate of drug-likeness (QED) is 0.146. The maximum absolute atomic E-state index is 12.7. The number of para-hydroxylation sites is 1. The summed E-state index contributed by atoms with van der Waals surface area (Å²) in [6.45, 7) is 3.41. The van der Waals surface area contributed by atoms with E-state index in [4.69, 9.17) is 14.3 Å². The minimum absolute atomic E-state index is 0.0743. The van der Waals surface area contributed by atoms with Crippen molar-refractivity contribution < 1.29 is 33.7 Å². The summed E-state index contributed by atoms with van der Waals surface area (Å²) in [5.41, 5.74) is 1.84. The first kappa shape index (κ1) is 27.9. The smallest absolute Gasteiger partial charge is 0.322 e. The van der Waals surface area contributed by atoms with Crippen LogP contribution >= 0.6 is 0 Å². The van der Waals surface area contributed by atoms with Crippen LogP contribution in [0.1, 0.15) is 26.7 Å². The molecule has 202 valence electrons. The Labute approximate surface area is 216 Å². The van der Waals surface area contributed by atoms with E-state index < -0.39 is 51.3 Å². The second-order valence-corrected chi connectivity index (χ2v) is 7.89. The van der Waals surface area contributed by atoms with E-state index in [-0.39, 0.29) is 31.7 Å². The van der Waals surface area contributed by atoms with Crippen LogP contribution in [0, 0.1) is 26.1 Å². The summed E-state index contributed by atoms with van der Waals surface area (Å²) in [4.78, 5) is 52.2. The van der Waals surface area contributed by atoms with Crippen LogP contribution in [0.25, 0.3) is 0 Å². The van der Waals surface area contributed by atoms with Gasteiger partial charge in [-0.2, -0.15) is 0 Å². The molecule has 0 aromatic heterocycles. The molecule has 0 bridgehead atoms. The fourth-order valence-electron chi connectivity index (χ4n) is 3.80. The van der Waals surface area contributed by atoms with E-state index in [1.54, 1.807) is 44.2 Å². The lowest BCUT2D eigenvalue weighted by Gasteiger charge is -2.40. The number of nitro groups is 2. The minimum atomic E-state index is -1.28. The van der Waals surface area contributed by atoms with E-state index in [0.29, 0.717) is 5.69 Å². The number of rotatable bonds is 11. The van der Waals surface area contributed by atoms with Gasteiger partial charge in [0.05, 0.1) is 40.9 Å². The van der Waals surface area contributed by atoms with Crippen LogP contribution in [-0.4, -0.2) is 47.3 Å². The molecule has 2 aromatic rings. The summed E-state index contributed by atoms with van der Waals surface area (Å²) in [5.74, 6) is -2.77. The van der Waals surface area contributed by atoms with Gasteiger partial charge in [0, 0.05) is 12.5 Å². The lowest BCUT2D eigenvalue weighted by molar-refractivity contribution is -0.393. The first-order valence-electron chi connectivity index (χ1n) is 11.7. The molecule has 0 spiro atoms. The lowest BCUT2D eigenvalue weighted by atomic mass is 9.93. The number of nitrogens with one attached hydrogen (secondary N) is 1. The molecule has 15 nitrogen and oxygen atoms in total. The molecule has 0 amide bonds. The van der Waals surface area contributed by atoms with Gasteiger partial charge in [-0.05, 0) is 38.5 Å². The largest absolute Gasteiger partial charge is 0.465 e. The topological polar surface area (TPSA) is 188 Å². The first-order valence-corrected chi connectivity index (χ1v) is 11.7. The Morgan fingerprint density at radius 1 is 1.05 bits per heavy atom. The highest BCUT2D eigenvalue weighted by molar-refractivity contribution is 5.96. The third-order valence-corrected chi connectivity index (χ3v) is 5.47. The number of non-ortho nitro benzene ring substituents is 1. The van der Waals surface area contributed by atoms with E-state index in [2.05, 4.69) is 15.8 Å². The number of carbonyl (C=O) groups is 2. The molecule has 3 rings (SSSR count). The van der Waals surface area contributed by atoms with Crippen LogP contribution in [0.4, 0.5) is 22.7 Å². The SMILES string of the molecule is CCOC(=O)C(C(=O)OCC)[C@H]1CC[C@H](/N=N/Nc2ccc([N+](=O)[O-])cc2[N+](=O)[O-])ON1c1ccccc1. The lowest BCUT2D eigenvalue weighted by Crippen LogP contribution is -2.52. The van der Waals surface area contributed by atoms with Gasteiger partial charge in [-0.3, -0.25) is 35.2 Å². The zero-order valence-electron chi connectivity index (χ0n) is 20.6. The van der Waals surface area contributed by atoms with Gasteiger partial charge in [-0.25, -0.2) is 9.90 Å². The average Bonchev–Trinajstić information content (AvgIpc) is 2.90. The fraction of sp³-hybridized carbons (Fsp3) is 0.391. The number of nitro benzene ring substituents is 2. The Morgan fingerprint density at radius 3 is 2.29 bits per heavy atom. The predicted octanol–water partition coefficient (Wildman–Crippen LogP) is 3.95. The zero-order valence-corrected chi connectivity index (χ0v) is 20.6. The van der Waals surface area contributed by atoms with Crippen molar-refractivity contribution in [1.82, 2.24) is 0 Å². The summed E-state index contributed by atoms with van der Waals surface area (Å²) in [7, 11) is 0. The molecular weight excluding hydrogens is 504 g/mol. The number of hydroxylamine groups is 1. The number of hydrogen-bond donors (Lipinski definition) is 1. The Balaban J connectivity index is 1.83. The van der Waals surface area contributed by atoms with Crippen molar-refractivity contribution in [1.29, 1.82) is 0 Å². The van der Waals surface area contributed by atoms with Crippen LogP contribution in [0.5, 0.6) is 0 Å². The van der Waals surface area contributed by atoms with Gasteiger partial charge in [0.2, 0.25) is 0 Å². The molecule has 1 N–H and O–H groups in total. The van der Waals surface area contributed by atoms with Crippen molar-refractivity contribution in [3.05, 3.63) is 68.8 Å². The van der Waals surface area contributed by atoms with Crippen LogP contribution < -0.4 is 10.5 Å². The number of ether oxygens (including phenoxy) is 2. The second kappa shape index (κ2) is 13.0. The Hall–Kier alpha value is -4.66. The van der Waals surface area contributed by atoms with Crippen molar-refractivity contribution in [3.63, 3.8) is 0 Å². The number of nitrogens with zero attached hydrogens (tertiary/aromatic N) is 5. The normalized spacial score (nSPS) is 17.3. The van der Waals surface area contributed by atoms with Crippen molar-refractivity contribution in [2.75, 3.05) is 23.7 Å². The summed E-state index contributed by atoms with van der Waals surface area (Å²) < 4.78 is 10.3. The minimum Gasteiger partial charge on any atom is -0.465 e. The Bertz CT molecular complexity index is 1180. The molecule has 1 aliphatic rings. The number of hydrogen-bond acceptors (Lipinski definition) is 12. The molecule has 1 fully saturated rings. The summed E-state index contributed by atoms with van der Waals surface area (Å²) >= 11 is 0. The van der Waals surface area contributed by atoms with Crippen LogP contribution in [0.2, 0.25) is 0 Å². The van der Waals surface area contributed by atoms with E-state index in [9.17, 15) is 29.8 Å². The molecule has 0 aliphatic carbocycles. The summed E-state index contributed by atoms with van der Waals surface area (Å²) in [6.07, 6.45) is -0.392. The maximum atomic E-state index is 12.7. The van der Waals surface area contributed by atoms with Gasteiger partial charge in [0.1, 0.15) is 5.69 Å². The van der Waals surface area contributed by atoms with Crippen LogP contribution in [0.15, 0.2) is 58.9 Å². The van der Waals surface area contributed by atoms with Gasteiger partial charge in [0.15, 0.2) is 12.1 Å². The molecule has 1 heterocycles. The van der Waals surface area contributed by atoms with Crippen LogP contribution in [0.3, 0.4) is 0 Å². The zero-order chi connectivity index (χ0) is 27.7. The molecule has 0 radical (unpaired) electrons. The summed E-state index contributed by atoms with van der Waals surface area (Å²) in [6, 6.07) is 11.0. The second-order valence-electron chi connectivity index (χ2n) is 7.89. The number of benzene rings is 2. The van der Waals surface area contributed by atoms with Crippen molar-refractivity contribution in [2.45, 2.75) is 39.0 Å². The molecule has 2 atom stereocenters. The Morgan fingerprint density at radius 2 is 1.71 bits per heavy atom. The molecule has 38 heavy (non-hydrogen) atoms. The number of esters is 2. The van der Waals surface area contributed by atoms with Crippen LogP contribution in [-0.2, 0) is 23.9 Å². The number of anilines is 2. The van der Waals surface area contributed by atoms with E-state index in [0.717, 1.165) is 18.2 Å². The molecule has 15 heteroatoms. The third kappa shape index (κ3) is 6.76. The van der Waals surface area contributed by atoms with Gasteiger partial charge in [0.25, 0.3) is 5.69 Å². The predicted molar refractivity (Wildman–Crippen MR) is 132 cm³/mol. The van der Waals surface area contributed by atoms with Gasteiger partial charge in [-0.15, -0.1) is 5.11 Å². The third-order valence-electron chi connectivity index (χ3n) is 5.47. The molecular formula is C23H26N6O9. The summed E-state index contributed by atoms with van der Waals surface area (Å²) in [5, 5.41) is 31.5. The highest BCUT2D eigenvalue weighted by Gasteiger charge is 2.44. The molecule has 1 saturated heterocycles. The monoisotopic (exact) mass is 530 g/mol. The van der Waals surface area contributed by atoms with Crippen molar-refractivity contribution >= 4 is 34.7 Å². The van der Waals surface area contributed by atoms with Crippen molar-refractivity contribution in [2.24, 2.45) is 16.3 Å². The molecule has 0 saturated carbocycles. The van der Waals surface area contributed by atoms with E-state index >= 15 is 0 Å². The highest BCUT2D eigenvalue weighted by atomic mass is 16.7.